The number of aromatic nitrogens is 2. The lowest BCUT2D eigenvalue weighted by atomic mass is 10.2. The van der Waals surface area contributed by atoms with Crippen LogP contribution in [0.25, 0.3) is 20.7 Å². The van der Waals surface area contributed by atoms with Crippen LogP contribution in [0.4, 0.5) is 11.5 Å². The van der Waals surface area contributed by atoms with Gasteiger partial charge in [0.05, 0.1) is 17.6 Å². The van der Waals surface area contributed by atoms with E-state index in [0.29, 0.717) is 12.2 Å². The summed E-state index contributed by atoms with van der Waals surface area (Å²) in [6.07, 6.45) is 2.37. The van der Waals surface area contributed by atoms with Crippen molar-refractivity contribution in [1.82, 2.24) is 9.97 Å². The number of fused-ring (bicyclic) bond motifs is 1. The fourth-order valence-electron chi connectivity index (χ4n) is 2.80. The maximum Gasteiger partial charge on any atom is 0.338 e. The Morgan fingerprint density at radius 1 is 1.07 bits per heavy atom. The summed E-state index contributed by atoms with van der Waals surface area (Å²) in [7, 11) is 0. The maximum atomic E-state index is 11.9. The van der Waals surface area contributed by atoms with Crippen LogP contribution in [0.15, 0.2) is 67.0 Å². The van der Waals surface area contributed by atoms with Gasteiger partial charge < -0.3 is 10.1 Å². The molecule has 0 fully saturated rings. The van der Waals surface area contributed by atoms with E-state index in [2.05, 4.69) is 33.5 Å². The standard InChI is InChI=1S/C22H19N3O2S/c1-2-12-27-22(26)16-8-10-17(11-9-16)25-20-18-13-19(15-6-4-3-5-7-15)28-21(18)24-14-23-20/h3-11,13-14H,2,12H2,1H3,(H,23,24,25). The molecule has 0 atom stereocenters. The van der Waals surface area contributed by atoms with Crippen LogP contribution in [0.3, 0.4) is 0 Å². The van der Waals surface area contributed by atoms with Gasteiger partial charge in [0.15, 0.2) is 0 Å². The first-order chi connectivity index (χ1) is 13.7. The van der Waals surface area contributed by atoms with Crippen molar-refractivity contribution in [3.63, 3.8) is 0 Å². The van der Waals surface area contributed by atoms with Crippen molar-refractivity contribution in [3.8, 4) is 10.4 Å². The van der Waals surface area contributed by atoms with E-state index in [1.807, 2.05) is 37.3 Å². The second-order valence-corrected chi connectivity index (χ2v) is 7.29. The van der Waals surface area contributed by atoms with Gasteiger partial charge in [-0.15, -0.1) is 11.3 Å². The lowest BCUT2D eigenvalue weighted by Gasteiger charge is -2.07. The molecule has 1 N–H and O–H groups in total. The number of carbonyl (C=O) groups is 1. The number of hydrogen-bond donors (Lipinski definition) is 1. The molecule has 0 spiro atoms. The first kappa shape index (κ1) is 18.1. The fraction of sp³-hybridized carbons (Fsp3) is 0.136. The molecule has 0 aliphatic rings. The lowest BCUT2D eigenvalue weighted by Crippen LogP contribution is -2.05. The Morgan fingerprint density at radius 2 is 1.86 bits per heavy atom. The second kappa shape index (κ2) is 8.19. The third-order valence-electron chi connectivity index (χ3n) is 4.21. The minimum Gasteiger partial charge on any atom is -0.462 e. The largest absolute Gasteiger partial charge is 0.462 e. The molecule has 0 aliphatic carbocycles. The summed E-state index contributed by atoms with van der Waals surface area (Å²) in [5.74, 6) is 0.438. The van der Waals surface area contributed by atoms with Gasteiger partial charge in [0.25, 0.3) is 0 Å². The minimum atomic E-state index is -0.303. The van der Waals surface area contributed by atoms with Crippen molar-refractivity contribution in [2.45, 2.75) is 13.3 Å². The SMILES string of the molecule is CCCOC(=O)c1ccc(Nc2ncnc3sc(-c4ccccc4)cc23)cc1. The maximum absolute atomic E-state index is 11.9. The molecule has 4 rings (SSSR count). The third kappa shape index (κ3) is 3.87. The van der Waals surface area contributed by atoms with E-state index >= 15 is 0 Å². The zero-order valence-electron chi connectivity index (χ0n) is 15.4. The predicted octanol–water partition coefficient (Wildman–Crippen LogP) is 5.67. The highest BCUT2D eigenvalue weighted by atomic mass is 32.1. The summed E-state index contributed by atoms with van der Waals surface area (Å²) < 4.78 is 5.16. The molecule has 0 saturated carbocycles. The molecule has 0 unspecified atom stereocenters. The van der Waals surface area contributed by atoms with Crippen molar-refractivity contribution in [3.05, 3.63) is 72.6 Å². The zero-order valence-corrected chi connectivity index (χ0v) is 16.2. The molecule has 28 heavy (non-hydrogen) atoms. The average Bonchev–Trinajstić information content (AvgIpc) is 3.19. The van der Waals surface area contributed by atoms with E-state index in [4.69, 9.17) is 4.74 Å². The molecule has 0 radical (unpaired) electrons. The molecule has 2 aromatic heterocycles. The lowest BCUT2D eigenvalue weighted by molar-refractivity contribution is 0.0505. The Labute approximate surface area is 167 Å². The number of nitrogens with zero attached hydrogens (tertiary/aromatic N) is 2. The molecule has 2 heterocycles. The van der Waals surface area contributed by atoms with Gasteiger partial charge in [-0.3, -0.25) is 0 Å². The number of thiophene rings is 1. The number of anilines is 2. The summed E-state index contributed by atoms with van der Waals surface area (Å²) in [5.41, 5.74) is 2.54. The normalized spacial score (nSPS) is 10.8. The van der Waals surface area contributed by atoms with Crippen molar-refractivity contribution < 1.29 is 9.53 Å². The van der Waals surface area contributed by atoms with E-state index in [1.165, 1.54) is 0 Å². The number of benzene rings is 2. The number of ether oxygens (including phenoxy) is 1. The van der Waals surface area contributed by atoms with Gasteiger partial charge in [-0.05, 0) is 42.3 Å². The van der Waals surface area contributed by atoms with Gasteiger partial charge in [-0.25, -0.2) is 14.8 Å². The first-order valence-corrected chi connectivity index (χ1v) is 9.90. The molecule has 0 bridgehead atoms. The Kier molecular flexibility index (Phi) is 5.30. The molecule has 4 aromatic rings. The smallest absolute Gasteiger partial charge is 0.338 e. The van der Waals surface area contributed by atoms with E-state index < -0.39 is 0 Å². The molecule has 0 amide bonds. The van der Waals surface area contributed by atoms with Crippen LogP contribution in [-0.4, -0.2) is 22.5 Å². The van der Waals surface area contributed by atoms with Crippen LogP contribution in [0.5, 0.6) is 0 Å². The Hall–Kier alpha value is -3.25. The summed E-state index contributed by atoms with van der Waals surface area (Å²) in [6.45, 7) is 2.40. The quantitative estimate of drug-likeness (QED) is 0.431. The first-order valence-electron chi connectivity index (χ1n) is 9.09. The van der Waals surface area contributed by atoms with Crippen molar-refractivity contribution >= 4 is 39.0 Å². The summed E-state index contributed by atoms with van der Waals surface area (Å²) in [4.78, 5) is 22.8. The molecule has 6 heteroatoms. The highest BCUT2D eigenvalue weighted by molar-refractivity contribution is 7.21. The number of hydrogen-bond acceptors (Lipinski definition) is 6. The van der Waals surface area contributed by atoms with Gasteiger partial charge in [-0.2, -0.15) is 0 Å². The van der Waals surface area contributed by atoms with Crippen LogP contribution in [-0.2, 0) is 4.74 Å². The Balaban J connectivity index is 1.58. The molecule has 0 aliphatic heterocycles. The molecular weight excluding hydrogens is 370 g/mol. The van der Waals surface area contributed by atoms with E-state index in [1.54, 1.807) is 29.8 Å². The topological polar surface area (TPSA) is 64.1 Å². The number of esters is 1. The van der Waals surface area contributed by atoms with E-state index in [0.717, 1.165) is 38.6 Å². The van der Waals surface area contributed by atoms with Gasteiger partial charge in [0.2, 0.25) is 0 Å². The van der Waals surface area contributed by atoms with Crippen LogP contribution in [0.1, 0.15) is 23.7 Å². The van der Waals surface area contributed by atoms with Crippen LogP contribution < -0.4 is 5.32 Å². The number of rotatable bonds is 6. The number of nitrogens with one attached hydrogen (secondary N) is 1. The van der Waals surface area contributed by atoms with Crippen molar-refractivity contribution in [2.24, 2.45) is 0 Å². The fourth-order valence-corrected chi connectivity index (χ4v) is 3.81. The molecule has 2 aromatic carbocycles. The average molecular weight is 389 g/mol. The van der Waals surface area contributed by atoms with Gasteiger partial charge in [0, 0.05) is 10.6 Å². The molecule has 0 saturated heterocycles. The molecule has 140 valence electrons. The summed E-state index contributed by atoms with van der Waals surface area (Å²) >= 11 is 1.64. The monoisotopic (exact) mass is 389 g/mol. The van der Waals surface area contributed by atoms with Gasteiger partial charge in [-0.1, -0.05) is 37.3 Å². The second-order valence-electron chi connectivity index (χ2n) is 6.26. The minimum absolute atomic E-state index is 0.303. The highest BCUT2D eigenvalue weighted by Gasteiger charge is 2.11. The van der Waals surface area contributed by atoms with Gasteiger partial charge in [0.1, 0.15) is 17.0 Å². The Bertz CT molecular complexity index is 1090. The highest BCUT2D eigenvalue weighted by Crippen LogP contribution is 2.35. The van der Waals surface area contributed by atoms with Crippen LogP contribution >= 0.6 is 11.3 Å². The van der Waals surface area contributed by atoms with Crippen LogP contribution in [0.2, 0.25) is 0 Å². The van der Waals surface area contributed by atoms with E-state index in [-0.39, 0.29) is 5.97 Å². The Morgan fingerprint density at radius 3 is 2.61 bits per heavy atom. The van der Waals surface area contributed by atoms with Gasteiger partial charge >= 0.3 is 5.97 Å². The van der Waals surface area contributed by atoms with Crippen molar-refractivity contribution in [1.29, 1.82) is 0 Å². The van der Waals surface area contributed by atoms with E-state index in [9.17, 15) is 4.79 Å². The third-order valence-corrected chi connectivity index (χ3v) is 5.30. The predicted molar refractivity (Wildman–Crippen MR) is 113 cm³/mol. The van der Waals surface area contributed by atoms with Crippen LogP contribution in [0, 0.1) is 0 Å². The zero-order chi connectivity index (χ0) is 19.3. The molecule has 5 nitrogen and oxygen atoms in total. The number of carbonyl (C=O) groups excluding carboxylic acids is 1. The summed E-state index contributed by atoms with van der Waals surface area (Å²) in [5, 5.41) is 4.29. The van der Waals surface area contributed by atoms with Crippen molar-refractivity contribution in [2.75, 3.05) is 11.9 Å². The molecular formula is C22H19N3O2S. The summed E-state index contributed by atoms with van der Waals surface area (Å²) in [6, 6.07) is 19.5.